The summed E-state index contributed by atoms with van der Waals surface area (Å²) in [6, 6.07) is 10.0. The predicted octanol–water partition coefficient (Wildman–Crippen LogP) is 1.14. The number of nitrogens with zero attached hydrogens (tertiary/aromatic N) is 1. The lowest BCUT2D eigenvalue weighted by Crippen LogP contribution is -2.37. The summed E-state index contributed by atoms with van der Waals surface area (Å²) >= 11 is 0. The van der Waals surface area contributed by atoms with Crippen molar-refractivity contribution in [2.24, 2.45) is 5.73 Å². The monoisotopic (exact) mass is 249 g/mol. The number of nitrogens with two attached hydrogens (primary N) is 1. The van der Waals surface area contributed by atoms with Crippen molar-refractivity contribution < 1.29 is 4.79 Å². The van der Waals surface area contributed by atoms with Gasteiger partial charge in [-0.1, -0.05) is 30.3 Å². The van der Waals surface area contributed by atoms with Crippen LogP contribution in [0.3, 0.4) is 0 Å². The number of carbonyl (C=O) groups is 1. The maximum Gasteiger partial charge on any atom is 0.234 e. The highest BCUT2D eigenvalue weighted by atomic mass is 16.2. The lowest BCUT2D eigenvalue weighted by atomic mass is 10.1. The number of benzene rings is 1. The summed E-state index contributed by atoms with van der Waals surface area (Å²) in [5.74, 6) is 0.0471. The average molecular weight is 249 g/mol. The molecule has 1 unspecified atom stereocenters. The number of rotatable bonds is 7. The van der Waals surface area contributed by atoms with Crippen LogP contribution in [0.5, 0.6) is 0 Å². The van der Waals surface area contributed by atoms with Crippen molar-refractivity contribution in [1.29, 1.82) is 0 Å². The van der Waals surface area contributed by atoms with Crippen molar-refractivity contribution in [3.63, 3.8) is 0 Å². The number of hydrogen-bond acceptors (Lipinski definition) is 3. The van der Waals surface area contributed by atoms with Gasteiger partial charge in [-0.25, -0.2) is 0 Å². The van der Waals surface area contributed by atoms with Crippen LogP contribution in [0, 0.1) is 0 Å². The molecule has 4 nitrogen and oxygen atoms in total. The first-order valence-corrected chi connectivity index (χ1v) is 6.36. The van der Waals surface area contributed by atoms with Crippen LogP contribution in [0.1, 0.15) is 24.9 Å². The fraction of sp³-hybridized carbons (Fsp3) is 0.500. The Hall–Kier alpha value is -1.39. The van der Waals surface area contributed by atoms with Crippen LogP contribution in [0.25, 0.3) is 0 Å². The molecule has 0 aliphatic carbocycles. The Labute approximate surface area is 109 Å². The molecule has 0 fully saturated rings. The largest absolute Gasteiger partial charge is 0.348 e. The zero-order valence-electron chi connectivity index (χ0n) is 11.2. The average Bonchev–Trinajstić information content (AvgIpc) is 2.37. The molecule has 0 saturated heterocycles. The Morgan fingerprint density at radius 3 is 2.67 bits per heavy atom. The van der Waals surface area contributed by atoms with Gasteiger partial charge < -0.3 is 11.1 Å². The smallest absolute Gasteiger partial charge is 0.234 e. The van der Waals surface area contributed by atoms with Gasteiger partial charge in [0.1, 0.15) is 0 Å². The summed E-state index contributed by atoms with van der Waals surface area (Å²) in [7, 11) is 1.93. The summed E-state index contributed by atoms with van der Waals surface area (Å²) in [4.78, 5) is 13.8. The molecule has 1 atom stereocenters. The highest BCUT2D eigenvalue weighted by molar-refractivity contribution is 5.78. The second-order valence-electron chi connectivity index (χ2n) is 4.58. The van der Waals surface area contributed by atoms with Gasteiger partial charge in [-0.15, -0.1) is 0 Å². The van der Waals surface area contributed by atoms with Gasteiger partial charge in [0.2, 0.25) is 5.91 Å². The molecular weight excluding hydrogens is 226 g/mol. The van der Waals surface area contributed by atoms with Crippen LogP contribution in [0.4, 0.5) is 0 Å². The minimum absolute atomic E-state index is 0.0432. The summed E-state index contributed by atoms with van der Waals surface area (Å²) in [6.07, 6.45) is 0.915. The third kappa shape index (κ3) is 5.29. The molecule has 0 bridgehead atoms. The SMILES string of the molecule is CC(NC(=O)CN(C)CCCN)c1ccccc1. The zero-order chi connectivity index (χ0) is 13.4. The molecular formula is C14H23N3O. The van der Waals surface area contributed by atoms with E-state index in [0.29, 0.717) is 13.1 Å². The van der Waals surface area contributed by atoms with E-state index in [9.17, 15) is 4.79 Å². The van der Waals surface area contributed by atoms with Crippen LogP contribution in [-0.2, 0) is 4.79 Å². The first-order valence-electron chi connectivity index (χ1n) is 6.36. The van der Waals surface area contributed by atoms with Crippen molar-refractivity contribution in [1.82, 2.24) is 10.2 Å². The van der Waals surface area contributed by atoms with Crippen LogP contribution in [0.15, 0.2) is 30.3 Å². The molecule has 1 aromatic carbocycles. The first-order chi connectivity index (χ1) is 8.63. The van der Waals surface area contributed by atoms with E-state index in [1.165, 1.54) is 0 Å². The third-order valence-corrected chi connectivity index (χ3v) is 2.83. The molecule has 100 valence electrons. The van der Waals surface area contributed by atoms with Crippen molar-refractivity contribution in [2.45, 2.75) is 19.4 Å². The van der Waals surface area contributed by atoms with Gasteiger partial charge in [-0.2, -0.15) is 0 Å². The number of hydrogen-bond donors (Lipinski definition) is 2. The third-order valence-electron chi connectivity index (χ3n) is 2.83. The molecule has 18 heavy (non-hydrogen) atoms. The fourth-order valence-electron chi connectivity index (χ4n) is 1.80. The van der Waals surface area contributed by atoms with Gasteiger partial charge in [-0.3, -0.25) is 9.69 Å². The molecule has 0 aromatic heterocycles. The van der Waals surface area contributed by atoms with E-state index in [1.54, 1.807) is 0 Å². The predicted molar refractivity (Wildman–Crippen MR) is 74.2 cm³/mol. The highest BCUT2D eigenvalue weighted by Crippen LogP contribution is 2.10. The highest BCUT2D eigenvalue weighted by Gasteiger charge is 2.10. The Morgan fingerprint density at radius 1 is 1.39 bits per heavy atom. The van der Waals surface area contributed by atoms with Gasteiger partial charge in [-0.05, 0) is 39.0 Å². The second-order valence-corrected chi connectivity index (χ2v) is 4.58. The minimum Gasteiger partial charge on any atom is -0.348 e. The van der Waals surface area contributed by atoms with E-state index in [-0.39, 0.29) is 11.9 Å². The molecule has 0 aliphatic heterocycles. The van der Waals surface area contributed by atoms with Crippen LogP contribution >= 0.6 is 0 Å². The summed E-state index contributed by atoms with van der Waals surface area (Å²) in [5, 5.41) is 2.99. The molecule has 0 spiro atoms. The van der Waals surface area contributed by atoms with Gasteiger partial charge >= 0.3 is 0 Å². The molecule has 0 heterocycles. The number of carbonyl (C=O) groups excluding carboxylic acids is 1. The quantitative estimate of drug-likeness (QED) is 0.762. The molecule has 3 N–H and O–H groups in total. The van der Waals surface area contributed by atoms with Gasteiger partial charge in [0.05, 0.1) is 12.6 Å². The molecule has 0 radical (unpaired) electrons. The van der Waals surface area contributed by atoms with Crippen molar-refractivity contribution in [2.75, 3.05) is 26.7 Å². The van der Waals surface area contributed by atoms with E-state index >= 15 is 0 Å². The lowest BCUT2D eigenvalue weighted by molar-refractivity contribution is -0.122. The van der Waals surface area contributed by atoms with E-state index in [0.717, 1.165) is 18.5 Å². The van der Waals surface area contributed by atoms with Gasteiger partial charge in [0.25, 0.3) is 0 Å². The molecule has 1 amide bonds. The number of nitrogens with one attached hydrogen (secondary N) is 1. The Bertz CT molecular complexity index is 353. The summed E-state index contributed by atoms with van der Waals surface area (Å²) in [5.41, 5.74) is 6.56. The van der Waals surface area contributed by atoms with E-state index in [1.807, 2.05) is 49.2 Å². The number of likely N-dealkylation sites (N-methyl/N-ethyl adjacent to an activating group) is 1. The van der Waals surface area contributed by atoms with Crippen LogP contribution < -0.4 is 11.1 Å². The van der Waals surface area contributed by atoms with E-state index < -0.39 is 0 Å². The topological polar surface area (TPSA) is 58.4 Å². The van der Waals surface area contributed by atoms with Crippen molar-refractivity contribution >= 4 is 5.91 Å². The summed E-state index contributed by atoms with van der Waals surface area (Å²) < 4.78 is 0. The standard InChI is InChI=1S/C14H23N3O/c1-12(13-7-4-3-5-8-13)16-14(18)11-17(2)10-6-9-15/h3-5,7-8,12H,6,9-11,15H2,1-2H3,(H,16,18). The molecule has 0 saturated carbocycles. The lowest BCUT2D eigenvalue weighted by Gasteiger charge is -2.19. The van der Waals surface area contributed by atoms with E-state index in [4.69, 9.17) is 5.73 Å². The zero-order valence-corrected chi connectivity index (χ0v) is 11.2. The van der Waals surface area contributed by atoms with Gasteiger partial charge in [0, 0.05) is 0 Å². The maximum absolute atomic E-state index is 11.8. The Kier molecular flexibility index (Phi) is 6.39. The maximum atomic E-state index is 11.8. The molecule has 1 aromatic rings. The molecule has 1 rings (SSSR count). The Morgan fingerprint density at radius 2 is 2.06 bits per heavy atom. The fourth-order valence-corrected chi connectivity index (χ4v) is 1.80. The van der Waals surface area contributed by atoms with Crippen molar-refractivity contribution in [3.8, 4) is 0 Å². The first kappa shape index (κ1) is 14.7. The van der Waals surface area contributed by atoms with Crippen molar-refractivity contribution in [3.05, 3.63) is 35.9 Å². The Balaban J connectivity index is 2.36. The molecule has 0 aliphatic rings. The summed E-state index contributed by atoms with van der Waals surface area (Å²) in [6.45, 7) is 3.92. The normalized spacial score (nSPS) is 12.4. The van der Waals surface area contributed by atoms with Gasteiger partial charge in [0.15, 0.2) is 0 Å². The van der Waals surface area contributed by atoms with E-state index in [2.05, 4.69) is 5.32 Å². The second kappa shape index (κ2) is 7.84. The van der Waals surface area contributed by atoms with Crippen LogP contribution in [-0.4, -0.2) is 37.5 Å². The number of amides is 1. The van der Waals surface area contributed by atoms with Crippen LogP contribution in [0.2, 0.25) is 0 Å². The molecule has 4 heteroatoms. The minimum atomic E-state index is 0.0432.